The van der Waals surface area contributed by atoms with Crippen LogP contribution < -0.4 is 4.90 Å². The van der Waals surface area contributed by atoms with Gasteiger partial charge in [-0.15, -0.1) is 6.58 Å². The number of benzene rings is 3. The maximum Gasteiger partial charge on any atom is 0.416 e. The van der Waals surface area contributed by atoms with Crippen molar-refractivity contribution in [3.63, 3.8) is 0 Å². The summed E-state index contributed by atoms with van der Waals surface area (Å²) < 4.78 is 17.3. The molecule has 8 nitrogen and oxygen atoms in total. The van der Waals surface area contributed by atoms with E-state index in [2.05, 4.69) is 30.8 Å². The molecule has 1 fully saturated rings. The van der Waals surface area contributed by atoms with Crippen LogP contribution in [-0.4, -0.2) is 54.6 Å². The molecule has 0 spiro atoms. The molecular weight excluding hydrogens is 568 g/mol. The van der Waals surface area contributed by atoms with Crippen LogP contribution in [0.15, 0.2) is 85.5 Å². The third kappa shape index (κ3) is 4.61. The number of amides is 2. The van der Waals surface area contributed by atoms with Crippen LogP contribution >= 0.6 is 0 Å². The van der Waals surface area contributed by atoms with Crippen molar-refractivity contribution in [2.75, 3.05) is 18.6 Å². The third-order valence-corrected chi connectivity index (χ3v) is 9.71. The number of rotatable bonds is 5. The van der Waals surface area contributed by atoms with Crippen LogP contribution in [-0.2, 0) is 24.4 Å². The molecule has 3 aromatic rings. The van der Waals surface area contributed by atoms with Crippen LogP contribution in [0.25, 0.3) is 11.1 Å². The summed E-state index contributed by atoms with van der Waals surface area (Å²) in [5.41, 5.74) is 3.39. The van der Waals surface area contributed by atoms with Crippen LogP contribution in [0.3, 0.4) is 0 Å². The van der Waals surface area contributed by atoms with Crippen LogP contribution in [0, 0.1) is 5.41 Å². The maximum atomic E-state index is 14.5. The number of hydrogen-bond donors (Lipinski definition) is 0. The molecule has 45 heavy (non-hydrogen) atoms. The van der Waals surface area contributed by atoms with E-state index in [9.17, 15) is 14.4 Å². The number of likely N-dealkylation sites (tertiary alicyclic amines) is 1. The minimum atomic E-state index is -1.02. The molecule has 2 amide bonds. The van der Waals surface area contributed by atoms with Gasteiger partial charge in [0, 0.05) is 11.3 Å². The lowest BCUT2D eigenvalue weighted by Gasteiger charge is -2.45. The fourth-order valence-electron chi connectivity index (χ4n) is 7.57. The molecule has 0 bridgehead atoms. The molecule has 0 aromatic heterocycles. The molecule has 6 rings (SSSR count). The van der Waals surface area contributed by atoms with Crippen LogP contribution in [0.1, 0.15) is 63.6 Å². The Morgan fingerprint density at radius 3 is 2.04 bits per heavy atom. The van der Waals surface area contributed by atoms with Crippen molar-refractivity contribution < 1.29 is 28.6 Å². The molecule has 1 aliphatic carbocycles. The highest BCUT2D eigenvalue weighted by Crippen LogP contribution is 2.62. The number of anilines is 1. The molecule has 0 N–H and O–H groups in total. The van der Waals surface area contributed by atoms with Gasteiger partial charge in [-0.1, -0.05) is 86.7 Å². The fourth-order valence-corrected chi connectivity index (χ4v) is 7.57. The average molecular weight is 609 g/mol. The second-order valence-corrected chi connectivity index (χ2v) is 13.6. The van der Waals surface area contributed by atoms with E-state index in [1.807, 2.05) is 68.5 Å². The van der Waals surface area contributed by atoms with E-state index in [-0.39, 0.29) is 18.9 Å². The van der Waals surface area contributed by atoms with Crippen molar-refractivity contribution in [1.82, 2.24) is 4.90 Å². The molecule has 0 saturated carbocycles. The summed E-state index contributed by atoms with van der Waals surface area (Å²) in [7, 11) is 1.30. The van der Waals surface area contributed by atoms with Gasteiger partial charge in [-0.2, -0.15) is 0 Å². The average Bonchev–Trinajstić information content (AvgIpc) is 3.63. The first-order valence-corrected chi connectivity index (χ1v) is 15.3. The SMILES string of the molecule is C=CC(C)(C)[C@@]12C[C@@H](C(=O)OC)N(C(=O)OCC3c4ccccc4-c4ccccc43)[C@@H]1N(C(=O)OC(C)(C)C)c1ccccc12. The van der Waals surface area contributed by atoms with Gasteiger partial charge in [0.15, 0.2) is 0 Å². The number of ether oxygens (including phenoxy) is 3. The summed E-state index contributed by atoms with van der Waals surface area (Å²) in [5, 5.41) is 0. The van der Waals surface area contributed by atoms with E-state index in [1.54, 1.807) is 20.8 Å². The summed E-state index contributed by atoms with van der Waals surface area (Å²) in [6.07, 6.45) is -0.254. The smallest absolute Gasteiger partial charge is 0.416 e. The molecule has 3 atom stereocenters. The Kier molecular flexibility index (Phi) is 7.30. The van der Waals surface area contributed by atoms with E-state index in [0.717, 1.165) is 27.8 Å². The van der Waals surface area contributed by atoms with Crippen molar-refractivity contribution >= 4 is 23.8 Å². The first-order chi connectivity index (χ1) is 21.4. The number of nitrogens with zero attached hydrogens (tertiary/aromatic N) is 2. The number of para-hydroxylation sites is 1. The fraction of sp³-hybridized carbons (Fsp3) is 0.378. The number of hydrogen-bond acceptors (Lipinski definition) is 6. The number of carbonyl (C=O) groups excluding carboxylic acids is 3. The summed E-state index contributed by atoms with van der Waals surface area (Å²) in [5.74, 6) is -0.767. The number of methoxy groups -OCH3 is 1. The third-order valence-electron chi connectivity index (χ3n) is 9.71. The van der Waals surface area contributed by atoms with Crippen molar-refractivity contribution in [3.05, 3.63) is 102 Å². The lowest BCUT2D eigenvalue weighted by atomic mass is 9.60. The minimum absolute atomic E-state index is 0.0568. The van der Waals surface area contributed by atoms with Crippen molar-refractivity contribution in [2.45, 2.75) is 70.2 Å². The summed E-state index contributed by atoms with van der Waals surface area (Å²) in [4.78, 5) is 44.9. The van der Waals surface area contributed by atoms with Gasteiger partial charge in [0.1, 0.15) is 24.4 Å². The summed E-state index contributed by atoms with van der Waals surface area (Å²) in [6.45, 7) is 13.6. The van der Waals surface area contributed by atoms with Gasteiger partial charge in [0.25, 0.3) is 0 Å². The quantitative estimate of drug-likeness (QED) is 0.170. The van der Waals surface area contributed by atoms with Gasteiger partial charge < -0.3 is 14.2 Å². The first-order valence-electron chi connectivity index (χ1n) is 15.3. The van der Waals surface area contributed by atoms with Crippen molar-refractivity contribution in [2.24, 2.45) is 5.41 Å². The van der Waals surface area contributed by atoms with Gasteiger partial charge >= 0.3 is 18.2 Å². The van der Waals surface area contributed by atoms with Gasteiger partial charge in [0.2, 0.25) is 0 Å². The van der Waals surface area contributed by atoms with Gasteiger partial charge in [-0.3, -0.25) is 9.80 Å². The molecule has 0 radical (unpaired) electrons. The molecule has 234 valence electrons. The molecule has 2 aliphatic heterocycles. The molecular formula is C37H40N2O6. The maximum absolute atomic E-state index is 14.5. The van der Waals surface area contributed by atoms with E-state index in [0.29, 0.717) is 5.69 Å². The number of esters is 1. The topological polar surface area (TPSA) is 85.4 Å². The Morgan fingerprint density at radius 2 is 1.47 bits per heavy atom. The second-order valence-electron chi connectivity index (χ2n) is 13.6. The number of allylic oxidation sites excluding steroid dienone is 1. The normalized spacial score (nSPS) is 21.8. The monoisotopic (exact) mass is 608 g/mol. The molecule has 8 heteroatoms. The Labute approximate surface area is 264 Å². The lowest BCUT2D eigenvalue weighted by Crippen LogP contribution is -2.59. The van der Waals surface area contributed by atoms with Crippen molar-refractivity contribution in [3.8, 4) is 11.1 Å². The van der Waals surface area contributed by atoms with Gasteiger partial charge in [0.05, 0.1) is 12.8 Å². The lowest BCUT2D eigenvalue weighted by molar-refractivity contribution is -0.145. The van der Waals surface area contributed by atoms with E-state index in [4.69, 9.17) is 14.2 Å². The van der Waals surface area contributed by atoms with Gasteiger partial charge in [-0.05, 0) is 66.5 Å². The van der Waals surface area contributed by atoms with Crippen molar-refractivity contribution in [1.29, 1.82) is 0 Å². The minimum Gasteiger partial charge on any atom is -0.467 e. The predicted molar refractivity (Wildman–Crippen MR) is 172 cm³/mol. The Balaban J connectivity index is 1.45. The zero-order valence-electron chi connectivity index (χ0n) is 26.7. The van der Waals surface area contributed by atoms with Gasteiger partial charge in [-0.25, -0.2) is 14.4 Å². The summed E-state index contributed by atoms with van der Waals surface area (Å²) in [6, 6.07) is 22.7. The number of carbonyl (C=O) groups is 3. The molecule has 3 aliphatic rings. The van der Waals surface area contributed by atoms with Crippen LogP contribution in [0.5, 0.6) is 0 Å². The second kappa shape index (κ2) is 10.8. The highest BCUT2D eigenvalue weighted by molar-refractivity contribution is 5.96. The molecule has 1 saturated heterocycles. The Bertz CT molecular complexity index is 1640. The highest BCUT2D eigenvalue weighted by atomic mass is 16.6. The molecule has 3 aromatic carbocycles. The highest BCUT2D eigenvalue weighted by Gasteiger charge is 2.70. The summed E-state index contributed by atoms with van der Waals surface area (Å²) >= 11 is 0. The Morgan fingerprint density at radius 1 is 0.889 bits per heavy atom. The predicted octanol–water partition coefficient (Wildman–Crippen LogP) is 7.41. The molecule has 2 heterocycles. The van der Waals surface area contributed by atoms with Crippen LogP contribution in [0.4, 0.5) is 15.3 Å². The van der Waals surface area contributed by atoms with E-state index >= 15 is 0 Å². The first kappa shape index (κ1) is 30.4. The zero-order valence-corrected chi connectivity index (χ0v) is 26.7. The number of fused-ring (bicyclic) bond motifs is 6. The van der Waals surface area contributed by atoms with Crippen LogP contribution in [0.2, 0.25) is 0 Å². The van der Waals surface area contributed by atoms with E-state index < -0.39 is 46.8 Å². The Hall–Kier alpha value is -4.59. The largest absolute Gasteiger partial charge is 0.467 e. The standard InChI is InChI=1S/C37H40N2O6/c1-8-36(5,6)37-21-30(31(40)43-7)39(32(37)38(34(42)45-35(2,3)4)29-20-14-13-19-28(29)37)33(41)44-22-27-25-17-11-9-15-23(25)24-16-10-12-18-26(24)27/h8-20,27,30,32H,1,21-22H2,2-7H3/t30-,32-,37+/m0/s1. The zero-order chi connectivity index (χ0) is 32.3. The van der Waals surface area contributed by atoms with E-state index in [1.165, 1.54) is 16.9 Å². The molecule has 0 unspecified atom stereocenters.